The average molecular weight is 350 g/mol. The number of H-pyrrole nitrogens is 1. The van der Waals surface area contributed by atoms with E-state index in [-0.39, 0.29) is 12.2 Å². The highest BCUT2D eigenvalue weighted by atomic mass is 16.5. The fourth-order valence-electron chi connectivity index (χ4n) is 2.14. The van der Waals surface area contributed by atoms with E-state index in [1.807, 2.05) is 30.3 Å². The van der Waals surface area contributed by atoms with Gasteiger partial charge in [0, 0.05) is 5.90 Å². The lowest BCUT2D eigenvalue weighted by Gasteiger charge is -2.05. The van der Waals surface area contributed by atoms with Gasteiger partial charge in [-0.15, -0.1) is 4.79 Å². The molecule has 0 radical (unpaired) electrons. The highest BCUT2D eigenvalue weighted by molar-refractivity contribution is 5.88. The zero-order chi connectivity index (χ0) is 18.4. The van der Waals surface area contributed by atoms with Gasteiger partial charge in [-0.3, -0.25) is 9.79 Å². The number of hydrogen-bond acceptors (Lipinski definition) is 6. The molecule has 0 aliphatic carbocycles. The lowest BCUT2D eigenvalue weighted by molar-refractivity contribution is -0.213. The summed E-state index contributed by atoms with van der Waals surface area (Å²) >= 11 is 0. The molecule has 2 aromatic carbocycles. The number of hydrogen-bond donors (Lipinski definition) is 1. The topological polar surface area (TPSA) is 108 Å². The summed E-state index contributed by atoms with van der Waals surface area (Å²) in [5, 5.41) is 22.2. The smallest absolute Gasteiger partial charge is 0.316 e. The lowest BCUT2D eigenvalue weighted by Crippen LogP contribution is -2.28. The van der Waals surface area contributed by atoms with Crippen molar-refractivity contribution in [2.45, 2.75) is 6.54 Å². The minimum atomic E-state index is -0.687. The van der Waals surface area contributed by atoms with Crippen LogP contribution in [0.2, 0.25) is 0 Å². The molecule has 0 unspecified atom stereocenters. The zero-order valence-corrected chi connectivity index (χ0v) is 14.0. The van der Waals surface area contributed by atoms with Crippen molar-refractivity contribution in [2.24, 2.45) is 10.1 Å². The van der Waals surface area contributed by atoms with Crippen LogP contribution in [0, 0.1) is 0 Å². The second-order valence-electron chi connectivity index (χ2n) is 5.30. The SMILES string of the molecule is COc1ccc(C=Nn2[nH]nc(C([O-])=NCc3ccccc3)c2=O)cc1. The zero-order valence-electron chi connectivity index (χ0n) is 14.0. The van der Waals surface area contributed by atoms with Crippen molar-refractivity contribution < 1.29 is 9.84 Å². The molecule has 0 fully saturated rings. The van der Waals surface area contributed by atoms with Crippen LogP contribution in [0.1, 0.15) is 16.8 Å². The van der Waals surface area contributed by atoms with E-state index < -0.39 is 11.5 Å². The molecule has 1 aromatic heterocycles. The largest absolute Gasteiger partial charge is 0.857 e. The Morgan fingerprint density at radius 1 is 1.23 bits per heavy atom. The van der Waals surface area contributed by atoms with Crippen LogP contribution in [0.25, 0.3) is 0 Å². The second-order valence-corrected chi connectivity index (χ2v) is 5.30. The number of nitrogens with one attached hydrogen (secondary N) is 1. The predicted molar refractivity (Wildman–Crippen MR) is 95.5 cm³/mol. The lowest BCUT2D eigenvalue weighted by atomic mass is 10.2. The van der Waals surface area contributed by atoms with Gasteiger partial charge in [0.05, 0.1) is 19.9 Å². The summed E-state index contributed by atoms with van der Waals surface area (Å²) in [4.78, 5) is 17.0. The fourth-order valence-corrected chi connectivity index (χ4v) is 2.14. The first-order valence-electron chi connectivity index (χ1n) is 7.79. The number of nitrogens with zero attached hydrogens (tertiary/aromatic N) is 4. The maximum atomic E-state index is 12.2. The number of aliphatic imine (C=N–C) groups is 1. The first-order valence-corrected chi connectivity index (χ1v) is 7.79. The van der Waals surface area contributed by atoms with Gasteiger partial charge in [-0.1, -0.05) is 30.3 Å². The fraction of sp³-hybridized carbons (Fsp3) is 0.111. The van der Waals surface area contributed by atoms with Crippen LogP contribution in [0.3, 0.4) is 0 Å². The standard InChI is InChI=1S/C18H17N5O3/c1-26-15-9-7-14(8-10-15)12-20-23-18(25)16(21-22-23)17(24)19-11-13-5-3-2-4-6-13/h2-10,12,22H,11H2,1H3,(H,19,24)/p-1. The Bertz CT molecular complexity index is 972. The molecule has 8 nitrogen and oxygen atoms in total. The molecular weight excluding hydrogens is 334 g/mol. The third-order valence-electron chi connectivity index (χ3n) is 3.54. The highest BCUT2D eigenvalue weighted by Crippen LogP contribution is 2.09. The number of benzene rings is 2. The van der Waals surface area contributed by atoms with E-state index in [1.54, 1.807) is 31.4 Å². The maximum Gasteiger partial charge on any atom is 0.316 e. The molecule has 0 saturated carbocycles. The molecule has 0 amide bonds. The van der Waals surface area contributed by atoms with Crippen molar-refractivity contribution in [1.29, 1.82) is 0 Å². The van der Waals surface area contributed by atoms with Crippen molar-refractivity contribution in [3.05, 3.63) is 81.8 Å². The van der Waals surface area contributed by atoms with Crippen molar-refractivity contribution in [3.8, 4) is 5.75 Å². The Labute approximate surface area is 149 Å². The molecule has 26 heavy (non-hydrogen) atoms. The average Bonchev–Trinajstić information content (AvgIpc) is 3.06. The predicted octanol–water partition coefficient (Wildman–Crippen LogP) is 0.769. The molecule has 0 saturated heterocycles. The molecular formula is C18H16N5O3-. The molecule has 1 N–H and O–H groups in total. The van der Waals surface area contributed by atoms with Crippen LogP contribution >= 0.6 is 0 Å². The van der Waals surface area contributed by atoms with Gasteiger partial charge in [0.1, 0.15) is 5.75 Å². The van der Waals surface area contributed by atoms with Gasteiger partial charge in [0.2, 0.25) is 0 Å². The molecule has 0 atom stereocenters. The van der Waals surface area contributed by atoms with Crippen LogP contribution in [0.15, 0.2) is 69.5 Å². The number of aromatic amines is 1. The van der Waals surface area contributed by atoms with Gasteiger partial charge in [-0.05, 0) is 35.4 Å². The van der Waals surface area contributed by atoms with E-state index >= 15 is 0 Å². The Balaban J connectivity index is 1.74. The first kappa shape index (κ1) is 17.2. The van der Waals surface area contributed by atoms with E-state index in [1.165, 1.54) is 6.21 Å². The summed E-state index contributed by atoms with van der Waals surface area (Å²) in [6.45, 7) is 0.182. The summed E-state index contributed by atoms with van der Waals surface area (Å²) in [6, 6.07) is 16.4. The van der Waals surface area contributed by atoms with E-state index in [0.29, 0.717) is 5.75 Å². The van der Waals surface area contributed by atoms with Gasteiger partial charge in [-0.2, -0.15) is 15.4 Å². The normalized spacial score (nSPS) is 11.8. The Hall–Kier alpha value is -3.68. The molecule has 0 spiro atoms. The van der Waals surface area contributed by atoms with Crippen LogP contribution < -0.4 is 15.4 Å². The van der Waals surface area contributed by atoms with E-state index in [9.17, 15) is 9.90 Å². The first-order chi connectivity index (χ1) is 12.7. The van der Waals surface area contributed by atoms with Crippen LogP contribution in [0.4, 0.5) is 0 Å². The quantitative estimate of drug-likeness (QED) is 0.523. The highest BCUT2D eigenvalue weighted by Gasteiger charge is 2.07. The van der Waals surface area contributed by atoms with Crippen LogP contribution in [0.5, 0.6) is 5.75 Å². The molecule has 0 aliphatic rings. The second kappa shape index (κ2) is 7.93. The molecule has 0 aliphatic heterocycles. The molecule has 8 heteroatoms. The van der Waals surface area contributed by atoms with E-state index in [2.05, 4.69) is 20.4 Å². The summed E-state index contributed by atoms with van der Waals surface area (Å²) in [6.07, 6.45) is 1.47. The van der Waals surface area contributed by atoms with Gasteiger partial charge in [0.25, 0.3) is 0 Å². The van der Waals surface area contributed by atoms with Crippen molar-refractivity contribution in [3.63, 3.8) is 0 Å². The third-order valence-corrected chi connectivity index (χ3v) is 3.54. The van der Waals surface area contributed by atoms with Crippen LogP contribution in [-0.2, 0) is 6.54 Å². The number of aromatic nitrogens is 3. The molecule has 0 bridgehead atoms. The number of methoxy groups -OCH3 is 1. The van der Waals surface area contributed by atoms with Gasteiger partial charge in [-0.25, -0.2) is 0 Å². The van der Waals surface area contributed by atoms with Crippen molar-refractivity contribution >= 4 is 12.1 Å². The maximum absolute atomic E-state index is 12.2. The summed E-state index contributed by atoms with van der Waals surface area (Å²) < 4.78 is 5.07. The Kier molecular flexibility index (Phi) is 5.23. The Morgan fingerprint density at radius 3 is 2.65 bits per heavy atom. The summed E-state index contributed by atoms with van der Waals surface area (Å²) in [7, 11) is 1.58. The van der Waals surface area contributed by atoms with Crippen molar-refractivity contribution in [2.75, 3.05) is 7.11 Å². The molecule has 1 heterocycles. The van der Waals surface area contributed by atoms with Crippen LogP contribution in [-0.4, -0.2) is 34.3 Å². The Morgan fingerprint density at radius 2 is 1.96 bits per heavy atom. The van der Waals surface area contributed by atoms with Gasteiger partial charge >= 0.3 is 5.56 Å². The van der Waals surface area contributed by atoms with Crippen molar-refractivity contribution in [1.82, 2.24) is 15.1 Å². The molecule has 3 aromatic rings. The van der Waals surface area contributed by atoms with E-state index in [0.717, 1.165) is 15.9 Å². The monoisotopic (exact) mass is 350 g/mol. The third kappa shape index (κ3) is 4.04. The number of ether oxygens (including phenoxy) is 1. The summed E-state index contributed by atoms with van der Waals surface area (Å²) in [5.74, 6) is 0.0299. The van der Waals surface area contributed by atoms with E-state index in [4.69, 9.17) is 4.74 Å². The van der Waals surface area contributed by atoms with Gasteiger partial charge in [0.15, 0.2) is 5.69 Å². The molecule has 3 rings (SSSR count). The summed E-state index contributed by atoms with van der Waals surface area (Å²) in [5.41, 5.74) is 0.674. The van der Waals surface area contributed by atoms with Gasteiger partial charge < -0.3 is 9.84 Å². The number of rotatable bonds is 6. The molecule has 132 valence electrons. The minimum Gasteiger partial charge on any atom is -0.857 e. The minimum absolute atomic E-state index is 0.182.